The number of piperidine rings is 1. The summed E-state index contributed by atoms with van der Waals surface area (Å²) in [5.74, 6) is 0.237. The highest BCUT2D eigenvalue weighted by molar-refractivity contribution is 7.87. The first-order valence-corrected chi connectivity index (χ1v) is 7.87. The van der Waals surface area contributed by atoms with Gasteiger partial charge in [-0.1, -0.05) is 0 Å². The molecular formula is C11H24N2O4S. The molecule has 0 unspecified atom stereocenters. The quantitative estimate of drug-likeness (QED) is 0.641. The minimum atomic E-state index is -3.39. The van der Waals surface area contributed by atoms with Crippen LogP contribution in [0.25, 0.3) is 0 Å². The summed E-state index contributed by atoms with van der Waals surface area (Å²) in [5.41, 5.74) is 0. The molecule has 18 heavy (non-hydrogen) atoms. The van der Waals surface area contributed by atoms with Gasteiger partial charge in [-0.05, 0) is 32.6 Å². The summed E-state index contributed by atoms with van der Waals surface area (Å²) < 4.78 is 33.1. The molecule has 0 aliphatic carbocycles. The third-order valence-corrected chi connectivity index (χ3v) is 4.62. The molecule has 7 heteroatoms. The summed E-state index contributed by atoms with van der Waals surface area (Å²) in [4.78, 5) is 0. The lowest BCUT2D eigenvalue weighted by atomic mass is 10.00. The molecule has 0 aromatic carbocycles. The van der Waals surface area contributed by atoms with Gasteiger partial charge >= 0.3 is 0 Å². The summed E-state index contributed by atoms with van der Waals surface area (Å²) in [7, 11) is -3.39. The topological polar surface area (TPSA) is 78.9 Å². The van der Waals surface area contributed by atoms with Crippen LogP contribution in [0.3, 0.4) is 0 Å². The van der Waals surface area contributed by atoms with Gasteiger partial charge in [0.25, 0.3) is 10.2 Å². The van der Waals surface area contributed by atoms with Gasteiger partial charge in [-0.25, -0.2) is 0 Å². The number of hydrogen-bond acceptors (Lipinski definition) is 4. The minimum absolute atomic E-state index is 0.106. The fraction of sp³-hybridized carbons (Fsp3) is 1.00. The predicted octanol–water partition coefficient (Wildman–Crippen LogP) is -0.0499. The minimum Gasteiger partial charge on any atom is -0.396 e. The molecule has 1 heterocycles. The van der Waals surface area contributed by atoms with Crippen LogP contribution < -0.4 is 4.72 Å². The highest BCUT2D eigenvalue weighted by atomic mass is 32.2. The van der Waals surface area contributed by atoms with Crippen molar-refractivity contribution in [3.63, 3.8) is 0 Å². The Morgan fingerprint density at radius 3 is 2.50 bits per heavy atom. The van der Waals surface area contributed by atoms with Gasteiger partial charge in [0.15, 0.2) is 0 Å². The molecule has 6 nitrogen and oxygen atoms in total. The zero-order valence-corrected chi connectivity index (χ0v) is 11.9. The van der Waals surface area contributed by atoms with E-state index in [-0.39, 0.29) is 18.6 Å². The van der Waals surface area contributed by atoms with E-state index in [0.29, 0.717) is 26.2 Å². The molecule has 0 spiro atoms. The molecule has 0 aromatic rings. The molecule has 1 rings (SSSR count). The molecule has 0 saturated carbocycles. The second-order valence-corrected chi connectivity index (χ2v) is 6.60. The maximum atomic E-state index is 11.9. The molecule has 0 atom stereocenters. The van der Waals surface area contributed by atoms with Crippen molar-refractivity contribution in [2.45, 2.75) is 32.8 Å². The van der Waals surface area contributed by atoms with E-state index >= 15 is 0 Å². The fourth-order valence-electron chi connectivity index (χ4n) is 1.89. The van der Waals surface area contributed by atoms with Crippen LogP contribution in [0.5, 0.6) is 0 Å². The van der Waals surface area contributed by atoms with Gasteiger partial charge in [0, 0.05) is 26.2 Å². The maximum absolute atomic E-state index is 11.9. The highest BCUT2D eigenvalue weighted by Gasteiger charge is 2.27. The molecule has 1 saturated heterocycles. The second kappa shape index (κ2) is 7.40. The zero-order chi connectivity index (χ0) is 13.6. The number of rotatable bonds is 7. The van der Waals surface area contributed by atoms with Crippen molar-refractivity contribution in [2.24, 2.45) is 5.92 Å². The Labute approximate surface area is 109 Å². The van der Waals surface area contributed by atoms with Crippen molar-refractivity contribution < 1.29 is 18.3 Å². The first-order chi connectivity index (χ1) is 8.45. The molecule has 1 fully saturated rings. The SMILES string of the molecule is CC(C)OCCNS(=O)(=O)N1CCC(CO)CC1. The Morgan fingerprint density at radius 1 is 1.39 bits per heavy atom. The van der Waals surface area contributed by atoms with Crippen molar-refractivity contribution >= 4 is 10.2 Å². The van der Waals surface area contributed by atoms with Crippen molar-refractivity contribution in [1.82, 2.24) is 9.03 Å². The van der Waals surface area contributed by atoms with Gasteiger partial charge < -0.3 is 9.84 Å². The van der Waals surface area contributed by atoms with Gasteiger partial charge in [-0.3, -0.25) is 0 Å². The van der Waals surface area contributed by atoms with Crippen LogP contribution in [0.4, 0.5) is 0 Å². The average molecular weight is 280 g/mol. The summed E-state index contributed by atoms with van der Waals surface area (Å²) in [6, 6.07) is 0. The fourth-order valence-corrected chi connectivity index (χ4v) is 3.10. The second-order valence-electron chi connectivity index (χ2n) is 4.84. The first-order valence-electron chi connectivity index (χ1n) is 6.43. The number of nitrogens with one attached hydrogen (secondary N) is 1. The first kappa shape index (κ1) is 15.8. The van der Waals surface area contributed by atoms with Crippen LogP contribution in [0, 0.1) is 5.92 Å². The Balaban J connectivity index is 2.31. The molecule has 0 radical (unpaired) electrons. The van der Waals surface area contributed by atoms with Crippen LogP contribution in [0.2, 0.25) is 0 Å². The number of aliphatic hydroxyl groups is 1. The molecule has 1 aliphatic rings. The molecule has 0 amide bonds. The summed E-state index contributed by atoms with van der Waals surface area (Å²) in [6.07, 6.45) is 1.55. The Kier molecular flexibility index (Phi) is 6.51. The molecular weight excluding hydrogens is 256 g/mol. The Hall–Kier alpha value is -0.210. The molecule has 0 bridgehead atoms. The van der Waals surface area contributed by atoms with E-state index in [2.05, 4.69) is 4.72 Å². The van der Waals surface area contributed by atoms with Crippen molar-refractivity contribution in [2.75, 3.05) is 32.8 Å². The van der Waals surface area contributed by atoms with Gasteiger partial charge in [0.1, 0.15) is 0 Å². The van der Waals surface area contributed by atoms with E-state index in [1.54, 1.807) is 0 Å². The highest BCUT2D eigenvalue weighted by Crippen LogP contribution is 2.18. The van der Waals surface area contributed by atoms with E-state index in [1.165, 1.54) is 4.31 Å². The number of ether oxygens (including phenoxy) is 1. The normalized spacial score (nSPS) is 19.6. The van der Waals surface area contributed by atoms with E-state index in [1.807, 2.05) is 13.8 Å². The van der Waals surface area contributed by atoms with Crippen LogP contribution in [-0.4, -0.2) is 56.8 Å². The summed E-state index contributed by atoms with van der Waals surface area (Å²) in [6.45, 7) is 5.59. The van der Waals surface area contributed by atoms with Crippen molar-refractivity contribution in [3.8, 4) is 0 Å². The van der Waals surface area contributed by atoms with E-state index in [9.17, 15) is 8.42 Å². The van der Waals surface area contributed by atoms with Crippen LogP contribution in [0.15, 0.2) is 0 Å². The standard InChI is InChI=1S/C11H24N2O4S/c1-10(2)17-8-5-12-18(15,16)13-6-3-11(9-14)4-7-13/h10-12,14H,3-9H2,1-2H3. The lowest BCUT2D eigenvalue weighted by molar-refractivity contribution is 0.0830. The Morgan fingerprint density at radius 2 is 2.00 bits per heavy atom. The smallest absolute Gasteiger partial charge is 0.279 e. The van der Waals surface area contributed by atoms with E-state index in [4.69, 9.17) is 9.84 Å². The maximum Gasteiger partial charge on any atom is 0.279 e. The monoisotopic (exact) mass is 280 g/mol. The number of nitrogens with zero attached hydrogens (tertiary/aromatic N) is 1. The summed E-state index contributed by atoms with van der Waals surface area (Å²) in [5, 5.41) is 9.01. The third-order valence-electron chi connectivity index (χ3n) is 3.01. The average Bonchev–Trinajstić information content (AvgIpc) is 2.34. The molecule has 1 aliphatic heterocycles. The summed E-state index contributed by atoms with van der Waals surface area (Å²) >= 11 is 0. The molecule has 2 N–H and O–H groups in total. The van der Waals surface area contributed by atoms with Gasteiger partial charge in [0.05, 0.1) is 12.7 Å². The Bertz CT molecular complexity index is 324. The zero-order valence-electron chi connectivity index (χ0n) is 11.1. The lowest BCUT2D eigenvalue weighted by Crippen LogP contribution is -2.46. The van der Waals surface area contributed by atoms with Crippen LogP contribution in [0.1, 0.15) is 26.7 Å². The lowest BCUT2D eigenvalue weighted by Gasteiger charge is -2.30. The predicted molar refractivity (Wildman–Crippen MR) is 69.4 cm³/mol. The van der Waals surface area contributed by atoms with E-state index in [0.717, 1.165) is 12.8 Å². The van der Waals surface area contributed by atoms with Gasteiger partial charge in [0.2, 0.25) is 0 Å². The largest absolute Gasteiger partial charge is 0.396 e. The van der Waals surface area contributed by atoms with E-state index < -0.39 is 10.2 Å². The van der Waals surface area contributed by atoms with Gasteiger partial charge in [-0.15, -0.1) is 0 Å². The molecule has 108 valence electrons. The van der Waals surface area contributed by atoms with Crippen LogP contribution in [-0.2, 0) is 14.9 Å². The number of aliphatic hydroxyl groups excluding tert-OH is 1. The molecule has 0 aromatic heterocycles. The van der Waals surface area contributed by atoms with Crippen molar-refractivity contribution in [1.29, 1.82) is 0 Å². The van der Waals surface area contributed by atoms with Crippen LogP contribution >= 0.6 is 0 Å². The third kappa shape index (κ3) is 5.19. The van der Waals surface area contributed by atoms with Crippen molar-refractivity contribution in [3.05, 3.63) is 0 Å². The number of hydrogen-bond donors (Lipinski definition) is 2. The van der Waals surface area contributed by atoms with Gasteiger partial charge in [-0.2, -0.15) is 17.4 Å².